The van der Waals surface area contributed by atoms with Gasteiger partial charge >= 0.3 is 5.97 Å². The number of likely N-dealkylation sites (tertiary alicyclic amines) is 2. The first kappa shape index (κ1) is 81.4. The van der Waals surface area contributed by atoms with Crippen molar-refractivity contribution in [3.05, 3.63) is 36.4 Å². The van der Waals surface area contributed by atoms with E-state index < -0.39 is 143 Å². The number of carbonyl (C=O) groups excluding carboxylic acids is 11. The van der Waals surface area contributed by atoms with Crippen LogP contribution in [0.25, 0.3) is 0 Å². The second-order valence-electron chi connectivity index (χ2n) is 26.5. The van der Waals surface area contributed by atoms with Crippen LogP contribution in [0.2, 0.25) is 0 Å². The normalized spacial score (nSPS) is 17.7. The SMILES string of the molecule is CSCC[C@H](NC(=O)[C@H](CC(C)C)NC(=O)[C@H](C)NC(=O)[C@H](CCCN=C(N)N)NC(=O)[C@@H]1CCCN1C(=O)[C@H](CC(C)C)NC(=O)[C@H](Cc1cnc[nH]1)NC(=O)[C@@H]1CCCN1C(=O)[C@H](Cc1cnc[nH]1)NC(=O)[C@@H](N)CS)C(=O)N[C@@H](CC(C)C)C(=O)N[C@@H](CC(C)C)C(=O)O. The van der Waals surface area contributed by atoms with E-state index in [4.69, 9.17) is 17.2 Å². The van der Waals surface area contributed by atoms with Crippen LogP contribution < -0.4 is 65.1 Å². The molecular weight excluding hydrogens is 1290 g/mol. The van der Waals surface area contributed by atoms with Gasteiger partial charge in [0.15, 0.2) is 5.96 Å². The number of thioether (sulfide) groups is 1. The van der Waals surface area contributed by atoms with Gasteiger partial charge in [-0.15, -0.1) is 0 Å². The fourth-order valence-electron chi connectivity index (χ4n) is 11.4. The summed E-state index contributed by atoms with van der Waals surface area (Å²) in [5, 5.41) is 34.3. The molecule has 2 aliphatic rings. The van der Waals surface area contributed by atoms with Crippen LogP contribution in [0.5, 0.6) is 0 Å². The number of nitrogens with two attached hydrogens (primary N) is 3. The molecule has 0 unspecified atom stereocenters. The van der Waals surface area contributed by atoms with Crippen molar-refractivity contribution in [1.29, 1.82) is 0 Å². The molecule has 11 amide bonds. The summed E-state index contributed by atoms with van der Waals surface area (Å²) >= 11 is 5.53. The number of thiol groups is 1. The minimum Gasteiger partial charge on any atom is -0.480 e. The number of aromatic nitrogens is 4. The van der Waals surface area contributed by atoms with Crippen LogP contribution in [0.15, 0.2) is 30.0 Å². The van der Waals surface area contributed by atoms with Gasteiger partial charge in [0.1, 0.15) is 66.5 Å². The van der Waals surface area contributed by atoms with Crippen LogP contribution in [0, 0.1) is 23.7 Å². The van der Waals surface area contributed by atoms with E-state index in [1.165, 1.54) is 53.5 Å². The number of nitrogens with one attached hydrogen (secondary N) is 11. The number of hydrogen-bond acceptors (Lipinski definition) is 18. The fourth-order valence-corrected chi connectivity index (χ4v) is 12.0. The summed E-state index contributed by atoms with van der Waals surface area (Å²) in [7, 11) is 0. The molecule has 0 saturated carbocycles. The minimum atomic E-state index is -1.33. The van der Waals surface area contributed by atoms with Crippen molar-refractivity contribution in [3.63, 3.8) is 0 Å². The molecule has 2 saturated heterocycles. The number of H-pyrrole nitrogens is 2. The number of aromatic amines is 2. The lowest BCUT2D eigenvalue weighted by atomic mass is 10.00. The Bertz CT molecular complexity index is 2970. The number of aliphatic carboxylic acids is 1. The maximum absolute atomic E-state index is 14.9. The number of rotatable bonds is 41. The van der Waals surface area contributed by atoms with Crippen molar-refractivity contribution in [1.82, 2.24) is 77.6 Å². The third-order valence-electron chi connectivity index (χ3n) is 16.3. The quantitative estimate of drug-likeness (QED) is 0.0158. The molecule has 32 nitrogen and oxygen atoms in total. The first-order valence-corrected chi connectivity index (χ1v) is 35.3. The Morgan fingerprint density at radius 2 is 0.959 bits per heavy atom. The topological polar surface area (TPSA) is 488 Å². The van der Waals surface area contributed by atoms with E-state index in [0.29, 0.717) is 30.0 Å². The summed E-state index contributed by atoms with van der Waals surface area (Å²) in [5.41, 5.74) is 18.1. The molecule has 0 radical (unpaired) electrons. The summed E-state index contributed by atoms with van der Waals surface area (Å²) in [6.45, 7) is 16.3. The van der Waals surface area contributed by atoms with Crippen molar-refractivity contribution in [2.45, 2.75) is 218 Å². The van der Waals surface area contributed by atoms with Gasteiger partial charge in [-0.2, -0.15) is 24.4 Å². The Morgan fingerprint density at radius 3 is 1.43 bits per heavy atom. The Morgan fingerprint density at radius 1 is 0.557 bits per heavy atom. The predicted molar refractivity (Wildman–Crippen MR) is 367 cm³/mol. The van der Waals surface area contributed by atoms with Crippen LogP contribution in [-0.4, -0.2) is 222 Å². The number of carbonyl (C=O) groups is 12. The lowest BCUT2D eigenvalue weighted by molar-refractivity contribution is -0.143. The van der Waals surface area contributed by atoms with Crippen LogP contribution >= 0.6 is 24.4 Å². The Labute approximate surface area is 577 Å². The Hall–Kier alpha value is -8.01. The number of aliphatic imine (C=N–C) groups is 1. The van der Waals surface area contributed by atoms with E-state index in [1.807, 2.05) is 61.6 Å². The molecule has 0 bridgehead atoms. The van der Waals surface area contributed by atoms with Crippen LogP contribution in [0.3, 0.4) is 0 Å². The third kappa shape index (κ3) is 27.1. The van der Waals surface area contributed by atoms with Gasteiger partial charge in [0, 0.05) is 62.0 Å². The number of hydrogen-bond donors (Lipinski definition) is 16. The van der Waals surface area contributed by atoms with E-state index >= 15 is 0 Å². The molecule has 0 aromatic carbocycles. The lowest BCUT2D eigenvalue weighted by Crippen LogP contribution is -2.60. The zero-order chi connectivity index (χ0) is 72.2. The van der Waals surface area contributed by atoms with Crippen LogP contribution in [0.1, 0.15) is 144 Å². The van der Waals surface area contributed by atoms with Gasteiger partial charge in [-0.1, -0.05) is 55.4 Å². The number of imidazole rings is 2. The lowest BCUT2D eigenvalue weighted by Gasteiger charge is -2.32. The molecule has 0 aliphatic carbocycles. The van der Waals surface area contributed by atoms with Crippen molar-refractivity contribution in [2.24, 2.45) is 45.9 Å². The van der Waals surface area contributed by atoms with Gasteiger partial charge < -0.3 is 89.9 Å². The van der Waals surface area contributed by atoms with Crippen molar-refractivity contribution >= 4 is 101 Å². The molecule has 97 heavy (non-hydrogen) atoms. The maximum atomic E-state index is 14.9. The summed E-state index contributed by atoms with van der Waals surface area (Å²) < 4.78 is 0. The molecule has 4 heterocycles. The largest absolute Gasteiger partial charge is 0.480 e. The monoisotopic (exact) mass is 1400 g/mol. The molecule has 542 valence electrons. The maximum Gasteiger partial charge on any atom is 0.326 e. The molecule has 18 N–H and O–H groups in total. The second-order valence-corrected chi connectivity index (χ2v) is 27.9. The Balaban J connectivity index is 1.52. The zero-order valence-corrected chi connectivity index (χ0v) is 59.2. The molecule has 4 rings (SSSR count). The second kappa shape index (κ2) is 40.6. The molecule has 2 fully saturated rings. The van der Waals surface area contributed by atoms with Crippen molar-refractivity contribution < 1.29 is 62.6 Å². The van der Waals surface area contributed by atoms with Gasteiger partial charge in [-0.3, -0.25) is 57.7 Å². The molecule has 34 heteroatoms. The van der Waals surface area contributed by atoms with Crippen molar-refractivity contribution in [3.8, 4) is 0 Å². The van der Waals surface area contributed by atoms with Gasteiger partial charge in [0.2, 0.25) is 65.0 Å². The highest BCUT2D eigenvalue weighted by atomic mass is 32.2. The third-order valence-corrected chi connectivity index (χ3v) is 17.4. The van der Waals surface area contributed by atoms with Crippen LogP contribution in [0.4, 0.5) is 0 Å². The minimum absolute atomic E-state index is 0.00432. The van der Waals surface area contributed by atoms with Gasteiger partial charge in [0.25, 0.3) is 0 Å². The van der Waals surface area contributed by atoms with Gasteiger partial charge in [-0.25, -0.2) is 14.8 Å². The number of carboxylic acid groups (broad SMARTS) is 1. The summed E-state index contributed by atoms with van der Waals surface area (Å²) in [4.78, 5) is 189. The average Bonchev–Trinajstić information content (AvgIpc) is 1.77. The highest BCUT2D eigenvalue weighted by Crippen LogP contribution is 2.24. The zero-order valence-electron chi connectivity index (χ0n) is 57.4. The number of nitrogens with zero attached hydrogens (tertiary/aromatic N) is 5. The number of amides is 11. The summed E-state index contributed by atoms with van der Waals surface area (Å²) in [6.07, 6.45) is 9.45. The van der Waals surface area contributed by atoms with E-state index in [9.17, 15) is 62.6 Å². The van der Waals surface area contributed by atoms with Crippen LogP contribution in [-0.2, 0) is 70.4 Å². The average molecular weight is 1400 g/mol. The summed E-state index contributed by atoms with van der Waals surface area (Å²) in [5.74, 6) is -9.16. The van der Waals surface area contributed by atoms with E-state index in [-0.39, 0.29) is 126 Å². The fraction of sp³-hybridized carbons (Fsp3) is 0.698. The van der Waals surface area contributed by atoms with Crippen molar-refractivity contribution in [2.75, 3.05) is 37.4 Å². The molecule has 0 spiro atoms. The molecule has 2 aromatic rings. The highest BCUT2D eigenvalue weighted by molar-refractivity contribution is 7.98. The molecular formula is C63H105N19O13S2. The Kier molecular flexibility index (Phi) is 34.1. The smallest absolute Gasteiger partial charge is 0.326 e. The highest BCUT2D eigenvalue weighted by Gasteiger charge is 2.43. The molecule has 2 aromatic heterocycles. The van der Waals surface area contributed by atoms with E-state index in [1.54, 1.807) is 0 Å². The molecule has 12 atom stereocenters. The van der Waals surface area contributed by atoms with Gasteiger partial charge in [0.05, 0.1) is 18.7 Å². The number of carboxylic acids is 1. The first-order valence-electron chi connectivity index (χ1n) is 33.3. The first-order chi connectivity index (χ1) is 45.8. The predicted octanol–water partition coefficient (Wildman–Crippen LogP) is -1.38. The van der Waals surface area contributed by atoms with E-state index in [2.05, 4.69) is 85.4 Å². The standard InChI is InChI=1S/C63H105N19O13S2/c1-33(2)22-43(55(87)73-42(17-21-97-10)54(86)76-44(23-34(3)4)56(88)80-48(62(94)95)25-36(7)8)75-51(83)37(9)72-53(85)41(14-11-18-69-63(65)66)74-58(90)49-15-12-19-81(49)60(92)46(24-35(5)6)79-57(89)45(26-38-28-67-31-70-38)77-59(91)50-16-13-20-82(50)61(93)47(27-39-29-68-32-71-39)78-52(84)40(64)30-96/h28-29,31-37,40-50,96H,11-27,30,64H2,1-10H3,(H,67,70)(H,68,71)(H,72,85)(H,73,87)(H,74,90)(H,75,83)(H,76,86)(H,77,91)(H,78,84)(H,79,89)(H,80,88)(H,94,95)(H4,65,66,69)/t37-,40-,41-,42-,43-,44-,45-,46-,47-,48-,49-,50-/m0/s1. The molecule has 2 aliphatic heterocycles. The van der Waals surface area contributed by atoms with E-state index in [0.717, 1.165) is 0 Å². The summed E-state index contributed by atoms with van der Waals surface area (Å²) in [6, 6.07) is -14.3. The number of guanidine groups is 1. The van der Waals surface area contributed by atoms with Gasteiger partial charge in [-0.05, 0) is 113 Å².